The van der Waals surface area contributed by atoms with E-state index in [4.69, 9.17) is 9.97 Å². The Morgan fingerprint density at radius 1 is 0.321 bits per heavy atom. The highest BCUT2D eigenvalue weighted by atomic mass is 14.9. The van der Waals surface area contributed by atoms with Crippen molar-refractivity contribution in [1.29, 1.82) is 0 Å². The van der Waals surface area contributed by atoms with Crippen molar-refractivity contribution in [2.75, 3.05) is 0 Å². The van der Waals surface area contributed by atoms with Crippen LogP contribution in [0.3, 0.4) is 0 Å². The first-order valence-corrected chi connectivity index (χ1v) is 18.3. The highest BCUT2D eigenvalue weighted by molar-refractivity contribution is 6.00. The zero-order valence-corrected chi connectivity index (χ0v) is 28.9. The normalized spacial score (nSPS) is 13.1. The molecule has 0 atom stereocenters. The quantitative estimate of drug-likeness (QED) is 0.186. The summed E-state index contributed by atoms with van der Waals surface area (Å²) in [5.74, 6) is 0.714. The summed E-state index contributed by atoms with van der Waals surface area (Å²) in [6, 6.07) is 70.2. The van der Waals surface area contributed by atoms with Gasteiger partial charge < -0.3 is 0 Å². The minimum absolute atomic E-state index is 0.378. The molecule has 2 heteroatoms. The molecule has 2 nitrogen and oxygen atoms in total. The van der Waals surface area contributed by atoms with Crippen molar-refractivity contribution in [3.05, 3.63) is 216 Å². The van der Waals surface area contributed by atoms with Crippen LogP contribution in [0.15, 0.2) is 194 Å². The molecule has 0 saturated carbocycles. The second-order valence-electron chi connectivity index (χ2n) is 14.1. The van der Waals surface area contributed by atoms with Crippen molar-refractivity contribution < 1.29 is 0 Å². The zero-order chi connectivity index (χ0) is 34.9. The molecule has 1 spiro atoms. The fourth-order valence-corrected chi connectivity index (χ4v) is 9.13. The Hall–Kier alpha value is -6.90. The van der Waals surface area contributed by atoms with Crippen molar-refractivity contribution in [3.8, 4) is 67.3 Å². The summed E-state index contributed by atoms with van der Waals surface area (Å²) in [6.45, 7) is 0. The second-order valence-corrected chi connectivity index (χ2v) is 14.1. The van der Waals surface area contributed by atoms with Crippen LogP contribution in [0.25, 0.3) is 78.1 Å². The Morgan fingerprint density at radius 3 is 1.62 bits per heavy atom. The van der Waals surface area contributed by atoms with Crippen molar-refractivity contribution in [2.24, 2.45) is 0 Å². The summed E-state index contributed by atoms with van der Waals surface area (Å²) in [4.78, 5) is 10.4. The molecular formula is C51H32N2. The number of hydrogen-bond donors (Lipinski definition) is 0. The molecule has 246 valence electrons. The van der Waals surface area contributed by atoms with Crippen LogP contribution in [0.2, 0.25) is 0 Å². The minimum atomic E-state index is -0.378. The predicted molar refractivity (Wildman–Crippen MR) is 218 cm³/mol. The van der Waals surface area contributed by atoms with E-state index in [1.54, 1.807) is 0 Å². The van der Waals surface area contributed by atoms with Crippen LogP contribution in [0.4, 0.5) is 0 Å². The molecule has 11 rings (SSSR count). The molecule has 0 N–H and O–H groups in total. The first-order valence-electron chi connectivity index (χ1n) is 18.3. The SMILES string of the molecule is c1ccc(-c2nc(-c3cccc(-c4cccc5c4-c4ccccc4C54c5ccccc5-c5ccccc54)c3)cc(-c3cccc4ccccc34)n2)cc1. The van der Waals surface area contributed by atoms with Gasteiger partial charge in [-0.1, -0.05) is 182 Å². The summed E-state index contributed by atoms with van der Waals surface area (Å²) < 4.78 is 0. The van der Waals surface area contributed by atoms with E-state index in [2.05, 4.69) is 176 Å². The van der Waals surface area contributed by atoms with Crippen LogP contribution in [0, 0.1) is 0 Å². The largest absolute Gasteiger partial charge is 0.228 e. The van der Waals surface area contributed by atoms with E-state index in [-0.39, 0.29) is 5.41 Å². The third-order valence-electron chi connectivity index (χ3n) is 11.3. The molecule has 1 aromatic heterocycles. The maximum atomic E-state index is 5.22. The van der Waals surface area contributed by atoms with E-state index < -0.39 is 0 Å². The van der Waals surface area contributed by atoms with E-state index >= 15 is 0 Å². The van der Waals surface area contributed by atoms with Gasteiger partial charge in [0.25, 0.3) is 0 Å². The molecule has 2 aliphatic carbocycles. The third-order valence-corrected chi connectivity index (χ3v) is 11.3. The summed E-state index contributed by atoms with van der Waals surface area (Å²) >= 11 is 0. The number of fused-ring (bicyclic) bond motifs is 11. The number of hydrogen-bond acceptors (Lipinski definition) is 2. The average Bonchev–Trinajstić information content (AvgIpc) is 3.71. The molecular weight excluding hydrogens is 641 g/mol. The lowest BCUT2D eigenvalue weighted by Gasteiger charge is -2.30. The van der Waals surface area contributed by atoms with Gasteiger partial charge in [-0.05, 0) is 78.5 Å². The summed E-state index contributed by atoms with van der Waals surface area (Å²) in [5.41, 5.74) is 17.6. The zero-order valence-electron chi connectivity index (χ0n) is 28.9. The van der Waals surface area contributed by atoms with Gasteiger partial charge in [-0.15, -0.1) is 0 Å². The molecule has 8 aromatic carbocycles. The lowest BCUT2D eigenvalue weighted by Crippen LogP contribution is -2.25. The van der Waals surface area contributed by atoms with Crippen molar-refractivity contribution in [2.45, 2.75) is 5.41 Å². The standard InChI is InChI=1S/C51H32N2/c1-2-16-34(17-3-1)50-52-47(32-48(53-50)41-26-13-18-33-15-4-5-21-37(33)41)36-20-12-19-35(31-36)38-25-14-30-46-49(38)42-24-8-11-29-45(42)51(46)43-27-9-6-22-39(43)40-23-7-10-28-44(40)51/h1-32H. The Bertz CT molecular complexity index is 2850. The van der Waals surface area contributed by atoms with Gasteiger partial charge in [-0.2, -0.15) is 0 Å². The smallest absolute Gasteiger partial charge is 0.160 e. The van der Waals surface area contributed by atoms with Gasteiger partial charge >= 0.3 is 0 Å². The van der Waals surface area contributed by atoms with Crippen LogP contribution in [-0.4, -0.2) is 9.97 Å². The first-order chi connectivity index (χ1) is 26.3. The molecule has 0 saturated heterocycles. The summed E-state index contributed by atoms with van der Waals surface area (Å²) in [5, 5.41) is 2.37. The maximum Gasteiger partial charge on any atom is 0.160 e. The van der Waals surface area contributed by atoms with E-state index in [0.717, 1.165) is 33.6 Å². The van der Waals surface area contributed by atoms with Gasteiger partial charge in [0.05, 0.1) is 16.8 Å². The lowest BCUT2D eigenvalue weighted by molar-refractivity contribution is 0.794. The van der Waals surface area contributed by atoms with Gasteiger partial charge in [-0.25, -0.2) is 9.97 Å². The van der Waals surface area contributed by atoms with E-state index in [9.17, 15) is 0 Å². The molecule has 1 heterocycles. The number of nitrogens with zero attached hydrogens (tertiary/aromatic N) is 2. The van der Waals surface area contributed by atoms with E-state index in [1.807, 2.05) is 18.2 Å². The second kappa shape index (κ2) is 11.6. The summed E-state index contributed by atoms with van der Waals surface area (Å²) in [7, 11) is 0. The van der Waals surface area contributed by atoms with Gasteiger partial charge in [0.1, 0.15) is 0 Å². The molecule has 0 radical (unpaired) electrons. The lowest BCUT2D eigenvalue weighted by atomic mass is 9.70. The third kappa shape index (κ3) is 4.33. The molecule has 53 heavy (non-hydrogen) atoms. The fraction of sp³-hybridized carbons (Fsp3) is 0.0196. The Labute approximate surface area is 308 Å². The van der Waals surface area contributed by atoms with Crippen LogP contribution in [0.1, 0.15) is 22.3 Å². The van der Waals surface area contributed by atoms with E-state index in [1.165, 1.54) is 60.8 Å². The van der Waals surface area contributed by atoms with Crippen LogP contribution >= 0.6 is 0 Å². The molecule has 2 aliphatic rings. The van der Waals surface area contributed by atoms with Crippen LogP contribution in [0.5, 0.6) is 0 Å². The van der Waals surface area contributed by atoms with Gasteiger partial charge in [-0.3, -0.25) is 0 Å². The molecule has 0 fully saturated rings. The molecule has 0 bridgehead atoms. The highest BCUT2D eigenvalue weighted by Crippen LogP contribution is 2.63. The monoisotopic (exact) mass is 672 g/mol. The molecule has 0 aliphatic heterocycles. The van der Waals surface area contributed by atoms with Crippen molar-refractivity contribution in [1.82, 2.24) is 9.97 Å². The first kappa shape index (κ1) is 29.8. The van der Waals surface area contributed by atoms with E-state index in [0.29, 0.717) is 5.82 Å². The number of rotatable bonds is 4. The van der Waals surface area contributed by atoms with Crippen LogP contribution in [-0.2, 0) is 5.41 Å². The van der Waals surface area contributed by atoms with Crippen molar-refractivity contribution in [3.63, 3.8) is 0 Å². The van der Waals surface area contributed by atoms with Gasteiger partial charge in [0.2, 0.25) is 0 Å². The number of aromatic nitrogens is 2. The Morgan fingerprint density at radius 2 is 0.830 bits per heavy atom. The molecule has 0 amide bonds. The topological polar surface area (TPSA) is 25.8 Å². The van der Waals surface area contributed by atoms with Gasteiger partial charge in [0.15, 0.2) is 5.82 Å². The van der Waals surface area contributed by atoms with Crippen molar-refractivity contribution >= 4 is 10.8 Å². The van der Waals surface area contributed by atoms with Gasteiger partial charge in [0, 0.05) is 16.7 Å². The predicted octanol–water partition coefficient (Wildman–Crippen LogP) is 12.6. The molecule has 9 aromatic rings. The summed E-state index contributed by atoms with van der Waals surface area (Å²) in [6.07, 6.45) is 0. The number of benzene rings is 8. The fourth-order valence-electron chi connectivity index (χ4n) is 9.13. The maximum absolute atomic E-state index is 5.22. The highest BCUT2D eigenvalue weighted by Gasteiger charge is 2.51. The minimum Gasteiger partial charge on any atom is -0.228 e. The Balaban J connectivity index is 1.12. The van der Waals surface area contributed by atoms with Crippen LogP contribution < -0.4 is 0 Å². The Kier molecular flexibility index (Phi) is 6.50. The molecule has 0 unspecified atom stereocenters. The average molecular weight is 673 g/mol.